The van der Waals surface area contributed by atoms with Crippen molar-refractivity contribution in [2.45, 2.75) is 0 Å². The number of hydrogen-bond acceptors (Lipinski definition) is 4. The standard InChI is InChI=1S/C15H17ClN4O3S/c1-24(22,23)20-8-10(9-20)7-17-15(21)14-6-13(18-19-14)11-4-2-3-5-12(11)16/h2-6,10H,7-9H2,1H3,(H,17,21)(H,18,19). The highest BCUT2D eigenvalue weighted by Gasteiger charge is 2.33. The predicted molar refractivity (Wildman–Crippen MR) is 91.3 cm³/mol. The highest BCUT2D eigenvalue weighted by molar-refractivity contribution is 7.88. The number of nitrogens with one attached hydrogen (secondary N) is 2. The van der Waals surface area contributed by atoms with Gasteiger partial charge >= 0.3 is 0 Å². The van der Waals surface area contributed by atoms with Crippen molar-refractivity contribution in [3.8, 4) is 11.3 Å². The molecule has 0 aliphatic carbocycles. The fourth-order valence-electron chi connectivity index (χ4n) is 2.50. The number of benzene rings is 1. The van der Waals surface area contributed by atoms with E-state index in [4.69, 9.17) is 11.6 Å². The summed E-state index contributed by atoms with van der Waals surface area (Å²) in [4.78, 5) is 12.1. The molecule has 1 amide bonds. The lowest BCUT2D eigenvalue weighted by atomic mass is 10.0. The maximum absolute atomic E-state index is 12.1. The summed E-state index contributed by atoms with van der Waals surface area (Å²) in [5.41, 5.74) is 1.68. The van der Waals surface area contributed by atoms with Gasteiger partial charge in [-0.05, 0) is 12.1 Å². The molecule has 9 heteroatoms. The van der Waals surface area contributed by atoms with Gasteiger partial charge in [-0.15, -0.1) is 0 Å². The van der Waals surface area contributed by atoms with Gasteiger partial charge in [0, 0.05) is 31.1 Å². The summed E-state index contributed by atoms with van der Waals surface area (Å²) in [6.07, 6.45) is 1.18. The van der Waals surface area contributed by atoms with Crippen molar-refractivity contribution in [3.05, 3.63) is 41.0 Å². The Morgan fingerprint density at radius 1 is 1.42 bits per heavy atom. The number of aromatic amines is 1. The number of H-pyrrole nitrogens is 1. The van der Waals surface area contributed by atoms with E-state index >= 15 is 0 Å². The Morgan fingerprint density at radius 2 is 2.12 bits per heavy atom. The molecule has 1 aliphatic rings. The molecule has 3 rings (SSSR count). The second-order valence-electron chi connectivity index (χ2n) is 5.80. The van der Waals surface area contributed by atoms with E-state index in [9.17, 15) is 13.2 Å². The average Bonchev–Trinajstić information content (AvgIpc) is 2.94. The molecule has 0 unspecified atom stereocenters. The van der Waals surface area contributed by atoms with Crippen molar-refractivity contribution in [2.75, 3.05) is 25.9 Å². The monoisotopic (exact) mass is 368 g/mol. The van der Waals surface area contributed by atoms with E-state index in [0.29, 0.717) is 36.0 Å². The summed E-state index contributed by atoms with van der Waals surface area (Å²) in [5, 5.41) is 10.2. The van der Waals surface area contributed by atoms with Gasteiger partial charge < -0.3 is 5.32 Å². The molecule has 0 spiro atoms. The molecule has 1 aliphatic heterocycles. The van der Waals surface area contributed by atoms with Crippen molar-refractivity contribution in [3.63, 3.8) is 0 Å². The quantitative estimate of drug-likeness (QED) is 0.832. The number of nitrogens with zero attached hydrogens (tertiary/aromatic N) is 2. The third-order valence-electron chi connectivity index (χ3n) is 3.92. The lowest BCUT2D eigenvalue weighted by molar-refractivity contribution is 0.0924. The Bertz CT molecular complexity index is 859. The Labute approximate surface area is 145 Å². The molecule has 0 bridgehead atoms. The van der Waals surface area contributed by atoms with Crippen LogP contribution in [0, 0.1) is 5.92 Å². The molecule has 2 heterocycles. The maximum Gasteiger partial charge on any atom is 0.269 e. The van der Waals surface area contributed by atoms with Crippen LogP contribution in [0.5, 0.6) is 0 Å². The van der Waals surface area contributed by atoms with E-state index in [1.165, 1.54) is 10.6 Å². The van der Waals surface area contributed by atoms with E-state index in [0.717, 1.165) is 5.56 Å². The lowest BCUT2D eigenvalue weighted by Gasteiger charge is -2.37. The van der Waals surface area contributed by atoms with Crippen LogP contribution in [0.2, 0.25) is 5.02 Å². The number of rotatable bonds is 5. The summed E-state index contributed by atoms with van der Waals surface area (Å²) in [6, 6.07) is 8.90. The van der Waals surface area contributed by atoms with Crippen LogP contribution in [0.4, 0.5) is 0 Å². The summed E-state index contributed by atoms with van der Waals surface area (Å²) in [7, 11) is -3.13. The van der Waals surface area contributed by atoms with Crippen molar-refractivity contribution in [1.29, 1.82) is 0 Å². The van der Waals surface area contributed by atoms with Gasteiger partial charge in [-0.3, -0.25) is 9.89 Å². The third-order valence-corrected chi connectivity index (χ3v) is 5.48. The highest BCUT2D eigenvalue weighted by atomic mass is 35.5. The fourth-order valence-corrected chi connectivity index (χ4v) is 3.70. The SMILES string of the molecule is CS(=O)(=O)N1CC(CNC(=O)c2cc(-c3ccccc3Cl)n[nH]2)C1. The fraction of sp³-hybridized carbons (Fsp3) is 0.333. The first-order chi connectivity index (χ1) is 11.3. The van der Waals surface area contributed by atoms with Crippen LogP contribution in [-0.2, 0) is 10.0 Å². The molecule has 1 aromatic carbocycles. The number of sulfonamides is 1. The maximum atomic E-state index is 12.1. The summed E-state index contributed by atoms with van der Waals surface area (Å²) >= 11 is 6.12. The van der Waals surface area contributed by atoms with Crippen LogP contribution in [-0.4, -0.2) is 54.7 Å². The molecule has 0 radical (unpaired) electrons. The van der Waals surface area contributed by atoms with E-state index in [2.05, 4.69) is 15.5 Å². The van der Waals surface area contributed by atoms with Crippen molar-refractivity contribution >= 4 is 27.5 Å². The number of amides is 1. The Balaban J connectivity index is 1.57. The first-order valence-corrected chi connectivity index (χ1v) is 9.61. The predicted octanol–water partition coefficient (Wildman–Crippen LogP) is 1.35. The molecule has 1 aromatic heterocycles. The Hall–Kier alpha value is -1.90. The number of carbonyl (C=O) groups excluding carboxylic acids is 1. The molecule has 1 fully saturated rings. The van der Waals surface area contributed by atoms with Crippen LogP contribution in [0.3, 0.4) is 0 Å². The molecule has 2 aromatic rings. The van der Waals surface area contributed by atoms with Gasteiger partial charge in [0.15, 0.2) is 0 Å². The van der Waals surface area contributed by atoms with Gasteiger partial charge in [0.25, 0.3) is 5.91 Å². The second kappa shape index (κ2) is 6.54. The van der Waals surface area contributed by atoms with Gasteiger partial charge in [-0.25, -0.2) is 12.7 Å². The minimum atomic E-state index is -3.13. The van der Waals surface area contributed by atoms with Crippen LogP contribution in [0.15, 0.2) is 30.3 Å². The van der Waals surface area contributed by atoms with Crippen LogP contribution in [0.25, 0.3) is 11.3 Å². The topological polar surface area (TPSA) is 95.2 Å². The van der Waals surface area contributed by atoms with E-state index in [-0.39, 0.29) is 11.8 Å². The second-order valence-corrected chi connectivity index (χ2v) is 8.19. The van der Waals surface area contributed by atoms with Crippen molar-refractivity contribution < 1.29 is 13.2 Å². The molecular weight excluding hydrogens is 352 g/mol. The molecule has 0 saturated carbocycles. The number of hydrogen-bond donors (Lipinski definition) is 2. The summed E-state index contributed by atoms with van der Waals surface area (Å²) < 4.78 is 24.0. The zero-order valence-electron chi connectivity index (χ0n) is 13.0. The smallest absolute Gasteiger partial charge is 0.269 e. The Morgan fingerprint density at radius 3 is 2.79 bits per heavy atom. The third kappa shape index (κ3) is 3.61. The van der Waals surface area contributed by atoms with E-state index < -0.39 is 10.0 Å². The molecule has 7 nitrogen and oxygen atoms in total. The average molecular weight is 369 g/mol. The van der Waals surface area contributed by atoms with Crippen LogP contribution >= 0.6 is 11.6 Å². The zero-order chi connectivity index (χ0) is 17.3. The van der Waals surface area contributed by atoms with Crippen molar-refractivity contribution in [1.82, 2.24) is 19.8 Å². The zero-order valence-corrected chi connectivity index (χ0v) is 14.6. The van der Waals surface area contributed by atoms with Crippen molar-refractivity contribution in [2.24, 2.45) is 5.92 Å². The number of carbonyl (C=O) groups is 1. The molecule has 24 heavy (non-hydrogen) atoms. The first kappa shape index (κ1) is 16.9. The van der Waals surface area contributed by atoms with Gasteiger partial charge in [-0.1, -0.05) is 29.8 Å². The molecule has 2 N–H and O–H groups in total. The van der Waals surface area contributed by atoms with Gasteiger partial charge in [0.2, 0.25) is 10.0 Å². The van der Waals surface area contributed by atoms with Gasteiger partial charge in [0.1, 0.15) is 5.69 Å². The van der Waals surface area contributed by atoms with Crippen LogP contribution < -0.4 is 5.32 Å². The van der Waals surface area contributed by atoms with Gasteiger partial charge in [-0.2, -0.15) is 5.10 Å². The molecule has 0 atom stereocenters. The lowest BCUT2D eigenvalue weighted by Crippen LogP contribution is -2.53. The first-order valence-electron chi connectivity index (χ1n) is 7.38. The largest absolute Gasteiger partial charge is 0.350 e. The highest BCUT2D eigenvalue weighted by Crippen LogP contribution is 2.26. The molecule has 128 valence electrons. The number of halogens is 1. The summed E-state index contributed by atoms with van der Waals surface area (Å²) in [6.45, 7) is 1.30. The summed E-state index contributed by atoms with van der Waals surface area (Å²) in [5.74, 6) is -0.145. The minimum absolute atomic E-state index is 0.134. The van der Waals surface area contributed by atoms with E-state index in [1.54, 1.807) is 12.1 Å². The Kier molecular flexibility index (Phi) is 4.62. The molecular formula is C15H17ClN4O3S. The van der Waals surface area contributed by atoms with Gasteiger partial charge in [0.05, 0.1) is 17.0 Å². The molecule has 1 saturated heterocycles. The van der Waals surface area contributed by atoms with Crippen LogP contribution in [0.1, 0.15) is 10.5 Å². The van der Waals surface area contributed by atoms with E-state index in [1.807, 2.05) is 18.2 Å². The minimum Gasteiger partial charge on any atom is -0.350 e. The normalized spacial score (nSPS) is 15.9. The number of aromatic nitrogens is 2.